The molecule has 0 saturated heterocycles. The number of rotatable bonds is 2. The van der Waals surface area contributed by atoms with E-state index in [0.29, 0.717) is 16.8 Å². The van der Waals surface area contributed by atoms with E-state index in [1.165, 1.54) is 11.0 Å². The van der Waals surface area contributed by atoms with Crippen molar-refractivity contribution in [3.8, 4) is 0 Å². The van der Waals surface area contributed by atoms with E-state index in [0.717, 1.165) is 16.7 Å². The van der Waals surface area contributed by atoms with Gasteiger partial charge in [-0.15, -0.1) is 0 Å². The Kier molecular flexibility index (Phi) is 4.25. The number of aryl methyl sites for hydroxylation is 3. The van der Waals surface area contributed by atoms with Crippen LogP contribution in [0.25, 0.3) is 11.0 Å². The normalized spacial score (nSPS) is 15.5. The van der Waals surface area contributed by atoms with E-state index in [2.05, 4.69) is 4.98 Å². The molecule has 1 atom stereocenters. The Balaban J connectivity index is 1.85. The molecule has 31 heavy (non-hydrogen) atoms. The fraction of sp³-hybridized carbons (Fsp3) is 0.160. The van der Waals surface area contributed by atoms with Gasteiger partial charge in [0.05, 0.1) is 17.0 Å². The van der Waals surface area contributed by atoms with Crippen LogP contribution in [0.15, 0.2) is 63.9 Å². The maximum atomic E-state index is 14.9. The lowest BCUT2D eigenvalue weighted by Gasteiger charge is -2.24. The first-order valence-electron chi connectivity index (χ1n) is 9.95. The van der Waals surface area contributed by atoms with Crippen molar-refractivity contribution in [1.29, 1.82) is 0 Å². The van der Waals surface area contributed by atoms with Crippen LogP contribution in [-0.2, 0) is 0 Å². The summed E-state index contributed by atoms with van der Waals surface area (Å²) in [5, 5.41) is 0.370. The molecule has 0 spiro atoms. The highest BCUT2D eigenvalue weighted by atomic mass is 19.1. The third-order valence-corrected chi connectivity index (χ3v) is 5.83. The first-order valence-corrected chi connectivity index (χ1v) is 9.95. The zero-order chi connectivity index (χ0) is 21.9. The van der Waals surface area contributed by atoms with Crippen molar-refractivity contribution in [3.05, 3.63) is 104 Å². The third kappa shape index (κ3) is 2.86. The smallest absolute Gasteiger partial charge is 0.296 e. The number of nitrogens with zero attached hydrogens (tertiary/aromatic N) is 2. The highest BCUT2D eigenvalue weighted by molar-refractivity contribution is 6.10. The highest BCUT2D eigenvalue weighted by Crippen LogP contribution is 2.41. The number of hydrogen-bond acceptors (Lipinski definition) is 4. The Morgan fingerprint density at radius 2 is 1.74 bits per heavy atom. The maximum absolute atomic E-state index is 14.9. The maximum Gasteiger partial charge on any atom is 0.296 e. The first kappa shape index (κ1) is 19.2. The molecule has 2 aromatic carbocycles. The van der Waals surface area contributed by atoms with Crippen LogP contribution in [0.3, 0.4) is 0 Å². The summed E-state index contributed by atoms with van der Waals surface area (Å²) in [5.41, 5.74) is 3.15. The summed E-state index contributed by atoms with van der Waals surface area (Å²) in [6.07, 6.45) is 1.63. The molecule has 0 bridgehead atoms. The van der Waals surface area contributed by atoms with Gasteiger partial charge in [0.25, 0.3) is 5.91 Å². The van der Waals surface area contributed by atoms with Crippen LogP contribution in [0.2, 0.25) is 0 Å². The molecule has 5 nitrogen and oxygen atoms in total. The van der Waals surface area contributed by atoms with Crippen molar-refractivity contribution in [3.63, 3.8) is 0 Å². The average molecular weight is 414 g/mol. The number of hydrogen-bond donors (Lipinski definition) is 0. The Bertz CT molecular complexity index is 1420. The van der Waals surface area contributed by atoms with E-state index in [4.69, 9.17) is 4.42 Å². The van der Waals surface area contributed by atoms with Gasteiger partial charge in [0, 0.05) is 11.8 Å². The second-order valence-electron chi connectivity index (χ2n) is 7.90. The van der Waals surface area contributed by atoms with E-state index in [1.807, 2.05) is 26.8 Å². The van der Waals surface area contributed by atoms with Gasteiger partial charge in [0.2, 0.25) is 5.76 Å². The molecule has 4 aromatic rings. The minimum Gasteiger partial charge on any atom is -0.450 e. The molecule has 0 saturated carbocycles. The van der Waals surface area contributed by atoms with E-state index < -0.39 is 17.8 Å². The fourth-order valence-corrected chi connectivity index (χ4v) is 4.06. The van der Waals surface area contributed by atoms with E-state index in [1.54, 1.807) is 42.6 Å². The molecule has 2 aromatic heterocycles. The second-order valence-corrected chi connectivity index (χ2v) is 7.90. The summed E-state index contributed by atoms with van der Waals surface area (Å²) < 4.78 is 20.8. The first-order chi connectivity index (χ1) is 14.9. The van der Waals surface area contributed by atoms with Crippen molar-refractivity contribution in [2.45, 2.75) is 26.8 Å². The molecule has 0 N–H and O–H groups in total. The molecule has 154 valence electrons. The van der Waals surface area contributed by atoms with Crippen LogP contribution in [-0.4, -0.2) is 10.9 Å². The molecule has 1 aliphatic rings. The molecule has 3 heterocycles. The number of benzene rings is 2. The number of pyridine rings is 1. The van der Waals surface area contributed by atoms with Gasteiger partial charge in [-0.3, -0.25) is 14.5 Å². The lowest BCUT2D eigenvalue weighted by atomic mass is 9.97. The largest absolute Gasteiger partial charge is 0.450 e. The van der Waals surface area contributed by atoms with Gasteiger partial charge in [0.1, 0.15) is 17.2 Å². The molecule has 0 aliphatic carbocycles. The number of halogens is 1. The van der Waals surface area contributed by atoms with E-state index in [-0.39, 0.29) is 22.3 Å². The third-order valence-electron chi connectivity index (χ3n) is 5.83. The molecule has 5 rings (SSSR count). The van der Waals surface area contributed by atoms with E-state index in [9.17, 15) is 14.0 Å². The van der Waals surface area contributed by atoms with Crippen molar-refractivity contribution in [2.24, 2.45) is 0 Å². The van der Waals surface area contributed by atoms with Crippen LogP contribution in [0.4, 0.5) is 10.2 Å². The Morgan fingerprint density at radius 1 is 1.00 bits per heavy atom. The predicted molar refractivity (Wildman–Crippen MR) is 116 cm³/mol. The lowest BCUT2D eigenvalue weighted by molar-refractivity contribution is 0.0970. The van der Waals surface area contributed by atoms with Crippen molar-refractivity contribution in [1.82, 2.24) is 4.98 Å². The van der Waals surface area contributed by atoms with Gasteiger partial charge in [0.15, 0.2) is 5.43 Å². The van der Waals surface area contributed by atoms with Crippen LogP contribution in [0, 0.1) is 26.6 Å². The van der Waals surface area contributed by atoms with Crippen molar-refractivity contribution >= 4 is 22.7 Å². The summed E-state index contributed by atoms with van der Waals surface area (Å²) in [4.78, 5) is 32.7. The molecule has 0 fully saturated rings. The van der Waals surface area contributed by atoms with E-state index >= 15 is 0 Å². The van der Waals surface area contributed by atoms with Gasteiger partial charge in [-0.05, 0) is 61.7 Å². The topological polar surface area (TPSA) is 63.4 Å². The quantitative estimate of drug-likeness (QED) is 0.463. The van der Waals surface area contributed by atoms with Crippen molar-refractivity contribution in [2.75, 3.05) is 4.90 Å². The SMILES string of the molecule is Cc1ccc(N2C(=O)c3oc4cc(C)c(C)cc4c(=O)c3C2c2ccccc2F)nc1. The molecular weight excluding hydrogens is 395 g/mol. The average Bonchev–Trinajstić information content (AvgIpc) is 3.03. The van der Waals surface area contributed by atoms with Crippen LogP contribution >= 0.6 is 0 Å². The molecule has 1 amide bonds. The van der Waals surface area contributed by atoms with Crippen LogP contribution in [0.5, 0.6) is 0 Å². The predicted octanol–water partition coefficient (Wildman–Crippen LogP) is 5.00. The lowest BCUT2D eigenvalue weighted by Crippen LogP contribution is -2.30. The minimum absolute atomic E-state index is 0.0728. The zero-order valence-electron chi connectivity index (χ0n) is 17.3. The summed E-state index contributed by atoms with van der Waals surface area (Å²) in [6, 6.07) is 12.2. The Labute approximate surface area is 177 Å². The van der Waals surface area contributed by atoms with Gasteiger partial charge >= 0.3 is 0 Å². The molecule has 1 unspecified atom stereocenters. The number of anilines is 1. The summed E-state index contributed by atoms with van der Waals surface area (Å²) in [7, 11) is 0. The summed E-state index contributed by atoms with van der Waals surface area (Å²) in [6.45, 7) is 5.70. The minimum atomic E-state index is -0.971. The molecule has 0 radical (unpaired) electrons. The zero-order valence-corrected chi connectivity index (χ0v) is 17.3. The summed E-state index contributed by atoms with van der Waals surface area (Å²) >= 11 is 0. The number of aromatic nitrogens is 1. The number of carbonyl (C=O) groups excluding carboxylic acids is 1. The van der Waals surface area contributed by atoms with Gasteiger partial charge in [-0.25, -0.2) is 9.37 Å². The number of carbonyl (C=O) groups is 1. The number of fused-ring (bicyclic) bond motifs is 2. The van der Waals surface area contributed by atoms with Gasteiger partial charge < -0.3 is 4.42 Å². The monoisotopic (exact) mass is 414 g/mol. The van der Waals surface area contributed by atoms with Crippen LogP contribution < -0.4 is 10.3 Å². The number of amides is 1. The van der Waals surface area contributed by atoms with Gasteiger partial charge in [-0.1, -0.05) is 24.3 Å². The molecule has 1 aliphatic heterocycles. The second kappa shape index (κ2) is 6.87. The van der Waals surface area contributed by atoms with Gasteiger partial charge in [-0.2, -0.15) is 0 Å². The molecule has 6 heteroatoms. The Hall–Kier alpha value is -3.80. The standard InChI is InChI=1S/C25H19FN2O3/c1-13-8-9-20(27-12-13)28-22(16-6-4-5-7-18(16)26)21-23(29)17-10-14(2)15(3)11-19(17)31-24(21)25(28)30/h4-12,22H,1-3H3. The summed E-state index contributed by atoms with van der Waals surface area (Å²) in [5.74, 6) is -0.774. The Morgan fingerprint density at radius 3 is 2.45 bits per heavy atom. The highest BCUT2D eigenvalue weighted by Gasteiger charge is 2.45. The molecular formula is C25H19FN2O3. The van der Waals surface area contributed by atoms with Crippen LogP contribution in [0.1, 0.15) is 44.4 Å². The van der Waals surface area contributed by atoms with Crippen molar-refractivity contribution < 1.29 is 13.6 Å². The fourth-order valence-electron chi connectivity index (χ4n) is 4.06.